The number of benzene rings is 2. The number of hydrogen-bond acceptors (Lipinski definition) is 3. The summed E-state index contributed by atoms with van der Waals surface area (Å²) >= 11 is 0. The normalized spacial score (nSPS) is 10.0. The molecule has 0 aliphatic carbocycles. The second-order valence-corrected chi connectivity index (χ2v) is 4.91. The minimum atomic E-state index is -0.533. The molecule has 2 amide bonds. The molecule has 0 atom stereocenters. The monoisotopic (exact) mass is 316 g/mol. The summed E-state index contributed by atoms with van der Waals surface area (Å²) in [6.45, 7) is 1.49. The van der Waals surface area contributed by atoms with Gasteiger partial charge in [0.2, 0.25) is 5.91 Å². The van der Waals surface area contributed by atoms with Crippen molar-refractivity contribution in [2.45, 2.75) is 6.92 Å². The SMILES string of the molecule is Cc1ccc(OCC(=O)NCC(=O)Nc2ccccc2F)cc1. The number of ether oxygens (including phenoxy) is 1. The van der Waals surface area contributed by atoms with Gasteiger partial charge < -0.3 is 15.4 Å². The summed E-state index contributed by atoms with van der Waals surface area (Å²) in [7, 11) is 0. The number of halogens is 1. The van der Waals surface area contributed by atoms with Crippen LogP contribution in [0, 0.1) is 12.7 Å². The zero-order valence-corrected chi connectivity index (χ0v) is 12.6. The van der Waals surface area contributed by atoms with Crippen molar-refractivity contribution >= 4 is 17.5 Å². The van der Waals surface area contributed by atoms with E-state index in [0.717, 1.165) is 5.56 Å². The Labute approximate surface area is 133 Å². The van der Waals surface area contributed by atoms with Gasteiger partial charge in [0.05, 0.1) is 12.2 Å². The van der Waals surface area contributed by atoms with Crippen LogP contribution in [-0.2, 0) is 9.59 Å². The molecule has 0 aliphatic rings. The van der Waals surface area contributed by atoms with E-state index >= 15 is 0 Å². The quantitative estimate of drug-likeness (QED) is 0.859. The van der Waals surface area contributed by atoms with Gasteiger partial charge in [0.1, 0.15) is 11.6 Å². The molecule has 2 aromatic carbocycles. The van der Waals surface area contributed by atoms with Crippen LogP contribution in [-0.4, -0.2) is 25.0 Å². The van der Waals surface area contributed by atoms with Crippen molar-refractivity contribution in [2.24, 2.45) is 0 Å². The molecule has 120 valence electrons. The number of amides is 2. The molecule has 2 rings (SSSR count). The lowest BCUT2D eigenvalue weighted by Crippen LogP contribution is -2.35. The van der Waals surface area contributed by atoms with E-state index in [2.05, 4.69) is 10.6 Å². The zero-order valence-electron chi connectivity index (χ0n) is 12.6. The topological polar surface area (TPSA) is 67.4 Å². The van der Waals surface area contributed by atoms with Crippen LogP contribution in [0.1, 0.15) is 5.56 Å². The molecule has 6 heteroatoms. The average molecular weight is 316 g/mol. The van der Waals surface area contributed by atoms with Crippen molar-refractivity contribution in [3.63, 3.8) is 0 Å². The van der Waals surface area contributed by atoms with E-state index in [1.165, 1.54) is 18.2 Å². The average Bonchev–Trinajstić information content (AvgIpc) is 2.54. The predicted octanol–water partition coefficient (Wildman–Crippen LogP) is 2.27. The first kappa shape index (κ1) is 16.5. The summed E-state index contributed by atoms with van der Waals surface area (Å²) in [4.78, 5) is 23.3. The molecule has 0 saturated heterocycles. The van der Waals surface area contributed by atoms with Gasteiger partial charge in [-0.2, -0.15) is 0 Å². The van der Waals surface area contributed by atoms with Gasteiger partial charge in [0.15, 0.2) is 6.61 Å². The van der Waals surface area contributed by atoms with Crippen LogP contribution in [0.15, 0.2) is 48.5 Å². The Morgan fingerprint density at radius 1 is 1.04 bits per heavy atom. The Morgan fingerprint density at radius 2 is 1.74 bits per heavy atom. The summed E-state index contributed by atoms with van der Waals surface area (Å²) in [5.41, 5.74) is 1.16. The fourth-order valence-corrected chi connectivity index (χ4v) is 1.77. The number of nitrogens with one attached hydrogen (secondary N) is 2. The van der Waals surface area contributed by atoms with Crippen LogP contribution in [0.25, 0.3) is 0 Å². The van der Waals surface area contributed by atoms with Gasteiger partial charge in [-0.3, -0.25) is 9.59 Å². The van der Waals surface area contributed by atoms with Gasteiger partial charge in [-0.05, 0) is 31.2 Å². The number of rotatable bonds is 6. The largest absolute Gasteiger partial charge is 0.484 e. The van der Waals surface area contributed by atoms with Gasteiger partial charge in [-0.1, -0.05) is 29.8 Å². The Morgan fingerprint density at radius 3 is 2.43 bits per heavy atom. The maximum Gasteiger partial charge on any atom is 0.258 e. The second-order valence-electron chi connectivity index (χ2n) is 4.91. The Balaban J connectivity index is 1.72. The molecule has 0 aromatic heterocycles. The van der Waals surface area contributed by atoms with Crippen LogP contribution in [0.3, 0.4) is 0 Å². The zero-order chi connectivity index (χ0) is 16.7. The molecular formula is C17H17FN2O3. The molecule has 2 aromatic rings. The van der Waals surface area contributed by atoms with E-state index < -0.39 is 17.6 Å². The smallest absolute Gasteiger partial charge is 0.258 e. The number of hydrogen-bond donors (Lipinski definition) is 2. The lowest BCUT2D eigenvalue weighted by atomic mass is 10.2. The van der Waals surface area contributed by atoms with Gasteiger partial charge in [0.25, 0.3) is 5.91 Å². The third-order valence-electron chi connectivity index (χ3n) is 2.98. The van der Waals surface area contributed by atoms with Gasteiger partial charge in [-0.25, -0.2) is 4.39 Å². The lowest BCUT2D eigenvalue weighted by Gasteiger charge is -2.09. The Kier molecular flexibility index (Phi) is 5.68. The molecular weight excluding hydrogens is 299 g/mol. The van der Waals surface area contributed by atoms with Crippen molar-refractivity contribution in [1.82, 2.24) is 5.32 Å². The van der Waals surface area contributed by atoms with E-state index in [-0.39, 0.29) is 18.8 Å². The summed E-state index contributed by atoms with van der Waals surface area (Å²) in [6.07, 6.45) is 0. The van der Waals surface area contributed by atoms with E-state index in [0.29, 0.717) is 5.75 Å². The highest BCUT2D eigenvalue weighted by Crippen LogP contribution is 2.12. The molecule has 0 saturated carbocycles. The first-order chi connectivity index (χ1) is 11.0. The standard InChI is InChI=1S/C17H17FN2O3/c1-12-6-8-13(9-7-12)23-11-17(22)19-10-16(21)20-15-5-3-2-4-14(15)18/h2-9H,10-11H2,1H3,(H,19,22)(H,20,21). The fourth-order valence-electron chi connectivity index (χ4n) is 1.77. The molecule has 0 bridgehead atoms. The van der Waals surface area contributed by atoms with Crippen LogP contribution < -0.4 is 15.4 Å². The van der Waals surface area contributed by atoms with Crippen LogP contribution in [0.4, 0.5) is 10.1 Å². The molecule has 5 nitrogen and oxygen atoms in total. The number of anilines is 1. The van der Waals surface area contributed by atoms with Crippen molar-refractivity contribution in [1.29, 1.82) is 0 Å². The van der Waals surface area contributed by atoms with Crippen molar-refractivity contribution in [3.8, 4) is 5.75 Å². The Hall–Kier alpha value is -2.89. The van der Waals surface area contributed by atoms with E-state index in [1.807, 2.05) is 19.1 Å². The van der Waals surface area contributed by atoms with Crippen LogP contribution in [0.5, 0.6) is 5.75 Å². The lowest BCUT2D eigenvalue weighted by molar-refractivity contribution is -0.125. The molecule has 2 N–H and O–H groups in total. The maximum atomic E-state index is 13.4. The highest BCUT2D eigenvalue weighted by atomic mass is 19.1. The van der Waals surface area contributed by atoms with E-state index in [9.17, 15) is 14.0 Å². The van der Waals surface area contributed by atoms with Gasteiger partial charge in [0, 0.05) is 0 Å². The Bertz CT molecular complexity index is 686. The highest BCUT2D eigenvalue weighted by Gasteiger charge is 2.08. The minimum absolute atomic E-state index is 0.0719. The van der Waals surface area contributed by atoms with Gasteiger partial charge in [-0.15, -0.1) is 0 Å². The summed E-state index contributed by atoms with van der Waals surface area (Å²) in [6, 6.07) is 13.1. The molecule has 0 spiro atoms. The van der Waals surface area contributed by atoms with Gasteiger partial charge >= 0.3 is 0 Å². The minimum Gasteiger partial charge on any atom is -0.484 e. The highest BCUT2D eigenvalue weighted by molar-refractivity contribution is 5.94. The first-order valence-corrected chi connectivity index (χ1v) is 7.05. The summed E-state index contributed by atoms with van der Waals surface area (Å²) in [5, 5.41) is 4.78. The molecule has 0 unspecified atom stereocenters. The molecule has 23 heavy (non-hydrogen) atoms. The number of aryl methyl sites for hydroxylation is 1. The van der Waals surface area contributed by atoms with E-state index in [4.69, 9.17) is 4.74 Å². The molecule has 0 heterocycles. The number of carbonyl (C=O) groups is 2. The summed E-state index contributed by atoms with van der Waals surface area (Å²) < 4.78 is 18.7. The van der Waals surface area contributed by atoms with Crippen molar-refractivity contribution in [3.05, 3.63) is 59.9 Å². The number of carbonyl (C=O) groups excluding carboxylic acids is 2. The fraction of sp³-hybridized carbons (Fsp3) is 0.176. The third-order valence-corrected chi connectivity index (χ3v) is 2.98. The predicted molar refractivity (Wildman–Crippen MR) is 84.7 cm³/mol. The van der Waals surface area contributed by atoms with E-state index in [1.54, 1.807) is 18.2 Å². The molecule has 0 fully saturated rings. The number of para-hydroxylation sites is 1. The molecule has 0 aliphatic heterocycles. The summed E-state index contributed by atoms with van der Waals surface area (Å²) in [5.74, 6) is -0.913. The third kappa shape index (κ3) is 5.43. The van der Waals surface area contributed by atoms with Crippen LogP contribution >= 0.6 is 0 Å². The second kappa shape index (κ2) is 7.93. The first-order valence-electron chi connectivity index (χ1n) is 7.05. The van der Waals surface area contributed by atoms with Crippen molar-refractivity contribution < 1.29 is 18.7 Å². The van der Waals surface area contributed by atoms with Crippen LogP contribution in [0.2, 0.25) is 0 Å². The molecule has 0 radical (unpaired) electrons. The van der Waals surface area contributed by atoms with Crippen molar-refractivity contribution in [2.75, 3.05) is 18.5 Å². The maximum absolute atomic E-state index is 13.4.